The smallest absolute Gasteiger partial charge is 0.134 e. The van der Waals surface area contributed by atoms with Crippen LogP contribution in [0.4, 0.5) is 10.1 Å². The van der Waals surface area contributed by atoms with E-state index in [1.165, 1.54) is 11.1 Å². The third-order valence-corrected chi connectivity index (χ3v) is 5.07. The molecule has 1 unspecified atom stereocenters. The molecule has 134 valence electrons. The van der Waals surface area contributed by atoms with Crippen molar-refractivity contribution >= 4 is 17.3 Å². The van der Waals surface area contributed by atoms with Gasteiger partial charge in [0.1, 0.15) is 5.75 Å². The Labute approximate surface area is 153 Å². The van der Waals surface area contributed by atoms with Gasteiger partial charge in [-0.25, -0.2) is 0 Å². The third kappa shape index (κ3) is 4.25. The number of hydrogen-bond donors (Lipinski definition) is 2. The summed E-state index contributed by atoms with van der Waals surface area (Å²) in [6, 6.07) is 12.0. The van der Waals surface area contributed by atoms with Gasteiger partial charge in [0.2, 0.25) is 0 Å². The first-order chi connectivity index (χ1) is 12.1. The van der Waals surface area contributed by atoms with Crippen LogP contribution in [-0.4, -0.2) is 43.4 Å². The molecule has 3 nitrogen and oxygen atoms in total. The maximum Gasteiger partial charge on any atom is 0.134 e. The Bertz CT molecular complexity index is 738. The van der Waals surface area contributed by atoms with E-state index in [4.69, 9.17) is 11.6 Å². The van der Waals surface area contributed by atoms with Crippen LogP contribution >= 0.6 is 11.6 Å². The van der Waals surface area contributed by atoms with Crippen LogP contribution in [0.5, 0.6) is 5.75 Å². The van der Waals surface area contributed by atoms with E-state index >= 15 is 0 Å². The molecule has 2 aromatic rings. The predicted octanol–water partition coefficient (Wildman–Crippen LogP) is 4.44. The minimum atomic E-state index is -0.312. The van der Waals surface area contributed by atoms with E-state index in [2.05, 4.69) is 29.4 Å². The van der Waals surface area contributed by atoms with Crippen molar-refractivity contribution in [3.8, 4) is 5.75 Å². The molecular formula is C20H24ClFN2O. The number of benzene rings is 2. The molecule has 0 saturated heterocycles. The maximum absolute atomic E-state index is 12.3. The zero-order valence-corrected chi connectivity index (χ0v) is 15.2. The molecule has 1 aliphatic rings. The second-order valence-electron chi connectivity index (χ2n) is 6.66. The summed E-state index contributed by atoms with van der Waals surface area (Å²) < 4.78 is 12.3. The fraction of sp³-hybridized carbons (Fsp3) is 0.400. The molecule has 0 fully saturated rings. The van der Waals surface area contributed by atoms with E-state index in [0.29, 0.717) is 18.0 Å². The molecule has 0 spiro atoms. The molecule has 5 heteroatoms. The fourth-order valence-electron chi connectivity index (χ4n) is 3.42. The Morgan fingerprint density at radius 2 is 2.16 bits per heavy atom. The van der Waals surface area contributed by atoms with Gasteiger partial charge in [-0.1, -0.05) is 23.7 Å². The Hall–Kier alpha value is -1.78. The Morgan fingerprint density at radius 3 is 2.96 bits per heavy atom. The van der Waals surface area contributed by atoms with E-state index in [-0.39, 0.29) is 18.3 Å². The first-order valence-corrected chi connectivity index (χ1v) is 9.06. The topological polar surface area (TPSA) is 35.5 Å². The molecule has 0 radical (unpaired) electrons. The largest absolute Gasteiger partial charge is 0.506 e. The number of halogens is 2. The van der Waals surface area contributed by atoms with Crippen molar-refractivity contribution in [2.24, 2.45) is 0 Å². The number of aromatic hydroxyl groups is 1. The number of hydrogen-bond acceptors (Lipinski definition) is 3. The molecule has 2 aromatic carbocycles. The van der Waals surface area contributed by atoms with Gasteiger partial charge >= 0.3 is 0 Å². The molecule has 0 amide bonds. The van der Waals surface area contributed by atoms with Gasteiger partial charge in [-0.05, 0) is 60.8 Å². The minimum Gasteiger partial charge on any atom is -0.506 e. The van der Waals surface area contributed by atoms with Crippen LogP contribution in [0.3, 0.4) is 0 Å². The lowest BCUT2D eigenvalue weighted by atomic mass is 9.87. The molecule has 0 saturated carbocycles. The summed E-state index contributed by atoms with van der Waals surface area (Å²) in [6.45, 7) is 2.14. The third-order valence-electron chi connectivity index (χ3n) is 4.77. The van der Waals surface area contributed by atoms with Gasteiger partial charge < -0.3 is 15.3 Å². The van der Waals surface area contributed by atoms with Gasteiger partial charge in [0, 0.05) is 31.2 Å². The van der Waals surface area contributed by atoms with Gasteiger partial charge in [-0.3, -0.25) is 4.39 Å². The quantitative estimate of drug-likeness (QED) is 0.773. The second-order valence-corrected chi connectivity index (χ2v) is 7.07. The zero-order valence-electron chi connectivity index (χ0n) is 14.4. The van der Waals surface area contributed by atoms with Crippen LogP contribution in [0.1, 0.15) is 29.0 Å². The van der Waals surface area contributed by atoms with Crippen LogP contribution in [0, 0.1) is 0 Å². The van der Waals surface area contributed by atoms with Crippen LogP contribution in [-0.2, 0) is 6.42 Å². The van der Waals surface area contributed by atoms with Crippen LogP contribution in [0.25, 0.3) is 0 Å². The number of phenols is 1. The molecular weight excluding hydrogens is 338 g/mol. The molecule has 0 aliphatic carbocycles. The van der Waals surface area contributed by atoms with Crippen LogP contribution in [0.2, 0.25) is 5.02 Å². The maximum atomic E-state index is 12.3. The number of likely N-dealkylation sites (N-methyl/N-ethyl adjacent to an activating group) is 1. The molecule has 1 atom stereocenters. The summed E-state index contributed by atoms with van der Waals surface area (Å²) in [4.78, 5) is 2.30. The first-order valence-electron chi connectivity index (χ1n) is 8.68. The van der Waals surface area contributed by atoms with Crippen molar-refractivity contribution in [1.29, 1.82) is 0 Å². The summed E-state index contributed by atoms with van der Waals surface area (Å²) >= 11 is 6.12. The summed E-state index contributed by atoms with van der Waals surface area (Å²) in [7, 11) is 2.11. The van der Waals surface area contributed by atoms with Gasteiger partial charge in [-0.2, -0.15) is 0 Å². The highest BCUT2D eigenvalue weighted by Crippen LogP contribution is 2.37. The molecule has 3 rings (SSSR count). The van der Waals surface area contributed by atoms with E-state index in [1.54, 1.807) is 0 Å². The lowest BCUT2D eigenvalue weighted by Crippen LogP contribution is -2.24. The average molecular weight is 362 g/mol. The number of nitrogens with zero attached hydrogens (tertiary/aromatic N) is 1. The molecule has 25 heavy (non-hydrogen) atoms. The zero-order chi connectivity index (χ0) is 17.8. The monoisotopic (exact) mass is 361 g/mol. The first kappa shape index (κ1) is 18.0. The fourth-order valence-corrected chi connectivity index (χ4v) is 3.61. The van der Waals surface area contributed by atoms with Crippen molar-refractivity contribution in [3.05, 3.63) is 58.1 Å². The Kier molecular flexibility index (Phi) is 5.82. The second kappa shape index (κ2) is 8.07. The van der Waals surface area contributed by atoms with E-state index < -0.39 is 0 Å². The Morgan fingerprint density at radius 1 is 1.32 bits per heavy atom. The van der Waals surface area contributed by atoms with Crippen molar-refractivity contribution < 1.29 is 9.50 Å². The van der Waals surface area contributed by atoms with Crippen molar-refractivity contribution in [1.82, 2.24) is 4.90 Å². The van der Waals surface area contributed by atoms with E-state index in [1.807, 2.05) is 24.3 Å². The van der Waals surface area contributed by atoms with Crippen molar-refractivity contribution in [3.63, 3.8) is 0 Å². The number of nitrogens with one attached hydrogen (secondary N) is 1. The van der Waals surface area contributed by atoms with Crippen LogP contribution < -0.4 is 5.32 Å². The lowest BCUT2D eigenvalue weighted by Gasteiger charge is -2.23. The van der Waals surface area contributed by atoms with E-state index in [9.17, 15) is 9.50 Å². The average Bonchev–Trinajstić information content (AvgIpc) is 2.76. The molecule has 1 aliphatic heterocycles. The summed E-state index contributed by atoms with van der Waals surface area (Å²) in [6.07, 6.45) is 1.42. The Balaban J connectivity index is 1.95. The SMILES string of the molecule is CN1CCc2cc(Cl)c(O)cc2C(c2cccc(NCCC[18F])c2)C1. The number of phenolic OH excluding ortho intramolecular Hbond substituents is 1. The molecule has 0 bridgehead atoms. The summed E-state index contributed by atoms with van der Waals surface area (Å²) in [5.41, 5.74) is 4.50. The van der Waals surface area contributed by atoms with Gasteiger partial charge in [-0.15, -0.1) is 0 Å². The number of alkyl halides is 1. The number of anilines is 1. The van der Waals surface area contributed by atoms with Crippen molar-refractivity contribution in [2.45, 2.75) is 18.8 Å². The van der Waals surface area contributed by atoms with Gasteiger partial charge in [0.05, 0.1) is 11.7 Å². The number of rotatable bonds is 5. The normalized spacial score (nSPS) is 17.8. The standard InChI is InChI=1S/C20H24ClFN2O/c1-24-9-6-15-11-19(21)20(25)12-17(15)18(13-24)14-4-2-5-16(10-14)23-8-3-7-22/h2,4-5,10-12,18,23,25H,3,6-9,13H2,1H3/i22-1. The van der Waals surface area contributed by atoms with E-state index in [0.717, 1.165) is 30.8 Å². The molecule has 0 aromatic heterocycles. The lowest BCUT2D eigenvalue weighted by molar-refractivity contribution is 0.338. The summed E-state index contributed by atoms with van der Waals surface area (Å²) in [5, 5.41) is 13.8. The highest BCUT2D eigenvalue weighted by molar-refractivity contribution is 6.32. The predicted molar refractivity (Wildman–Crippen MR) is 102 cm³/mol. The molecule has 2 N–H and O–H groups in total. The highest BCUT2D eigenvalue weighted by Gasteiger charge is 2.24. The van der Waals surface area contributed by atoms with Gasteiger partial charge in [0.15, 0.2) is 0 Å². The molecule has 1 heterocycles. The van der Waals surface area contributed by atoms with Crippen molar-refractivity contribution in [2.75, 3.05) is 38.7 Å². The minimum absolute atomic E-state index is 0.132. The number of fused-ring (bicyclic) bond motifs is 1. The van der Waals surface area contributed by atoms with Crippen LogP contribution in [0.15, 0.2) is 36.4 Å². The highest BCUT2D eigenvalue weighted by atomic mass is 35.5. The van der Waals surface area contributed by atoms with Gasteiger partial charge in [0.25, 0.3) is 0 Å². The summed E-state index contributed by atoms with van der Waals surface area (Å²) in [5.74, 6) is 0.292.